The molecule has 16 heavy (non-hydrogen) atoms. The first kappa shape index (κ1) is 15.4. The van der Waals surface area contributed by atoms with Crippen LogP contribution in [0.3, 0.4) is 0 Å². The Morgan fingerprint density at radius 1 is 0.688 bits per heavy atom. The van der Waals surface area contributed by atoms with Crippen molar-refractivity contribution in [1.82, 2.24) is 0 Å². The van der Waals surface area contributed by atoms with Gasteiger partial charge in [0.05, 0.1) is 0 Å². The van der Waals surface area contributed by atoms with Crippen LogP contribution in [-0.4, -0.2) is 11.7 Å². The van der Waals surface area contributed by atoms with E-state index in [1.165, 1.54) is 57.8 Å². The Balaban J connectivity index is 2.95. The third-order valence-corrected chi connectivity index (χ3v) is 2.74. The van der Waals surface area contributed by atoms with Crippen LogP contribution in [0.5, 0.6) is 0 Å². The molecule has 0 aromatic carbocycles. The second kappa shape index (κ2) is 14.4. The largest absolute Gasteiger partial charge is 0.396 e. The summed E-state index contributed by atoms with van der Waals surface area (Å²) in [6.07, 6.45) is 18.9. The third kappa shape index (κ3) is 13.4. The summed E-state index contributed by atoms with van der Waals surface area (Å²) >= 11 is 0. The van der Waals surface area contributed by atoms with Crippen molar-refractivity contribution in [2.24, 2.45) is 0 Å². The van der Waals surface area contributed by atoms with Crippen molar-refractivity contribution < 1.29 is 5.11 Å². The van der Waals surface area contributed by atoms with Gasteiger partial charge in [0, 0.05) is 6.61 Å². The second-order valence-electron chi connectivity index (χ2n) is 4.32. The third-order valence-electron chi connectivity index (χ3n) is 2.74. The van der Waals surface area contributed by atoms with E-state index >= 15 is 0 Å². The van der Waals surface area contributed by atoms with Crippen molar-refractivity contribution in [1.29, 1.82) is 0 Å². The molecule has 0 amide bonds. The smallest absolute Gasteiger partial charge is 0.0465 e. The Morgan fingerprint density at radius 2 is 1.19 bits per heavy atom. The normalized spacial score (nSPS) is 11.1. The molecule has 0 aliphatic carbocycles. The van der Waals surface area contributed by atoms with E-state index < -0.39 is 0 Å². The van der Waals surface area contributed by atoms with Crippen LogP contribution >= 0.6 is 0 Å². The maximum Gasteiger partial charge on any atom is 0.0465 e. The van der Waals surface area contributed by atoms with Crippen molar-refractivity contribution in [2.75, 3.05) is 6.61 Å². The molecule has 0 fully saturated rings. The van der Waals surface area contributed by atoms with Crippen molar-refractivity contribution in [2.45, 2.75) is 64.2 Å². The fourth-order valence-corrected chi connectivity index (χ4v) is 1.74. The average molecular weight is 224 g/mol. The van der Waals surface area contributed by atoms with E-state index in [1.807, 2.05) is 6.08 Å². The van der Waals surface area contributed by atoms with Gasteiger partial charge in [0.2, 0.25) is 0 Å². The molecule has 0 aliphatic heterocycles. The van der Waals surface area contributed by atoms with Crippen LogP contribution in [0.25, 0.3) is 0 Å². The number of aliphatic hydroxyl groups is 1. The SMILES string of the molecule is C=CCCCCCCCCC/C=C/CCO. The van der Waals surface area contributed by atoms with Crippen molar-refractivity contribution in [3.8, 4) is 0 Å². The minimum atomic E-state index is 0.279. The lowest BCUT2D eigenvalue weighted by atomic mass is 10.1. The number of unbranched alkanes of at least 4 members (excludes halogenated alkanes) is 8. The molecule has 94 valence electrons. The van der Waals surface area contributed by atoms with E-state index in [4.69, 9.17) is 5.11 Å². The van der Waals surface area contributed by atoms with Gasteiger partial charge in [0.15, 0.2) is 0 Å². The Kier molecular flexibility index (Phi) is 13.9. The van der Waals surface area contributed by atoms with Crippen LogP contribution in [0.1, 0.15) is 64.2 Å². The summed E-state index contributed by atoms with van der Waals surface area (Å²) in [5, 5.41) is 8.57. The second-order valence-corrected chi connectivity index (χ2v) is 4.32. The predicted molar refractivity (Wildman–Crippen MR) is 72.6 cm³/mol. The van der Waals surface area contributed by atoms with Crippen LogP contribution in [-0.2, 0) is 0 Å². The van der Waals surface area contributed by atoms with Gasteiger partial charge in [-0.1, -0.05) is 50.3 Å². The number of aliphatic hydroxyl groups excluding tert-OH is 1. The summed E-state index contributed by atoms with van der Waals surface area (Å²) in [6.45, 7) is 4.01. The zero-order valence-electron chi connectivity index (χ0n) is 10.7. The van der Waals surface area contributed by atoms with Gasteiger partial charge in [0.1, 0.15) is 0 Å². The molecule has 0 aromatic rings. The first-order valence-electron chi connectivity index (χ1n) is 6.78. The Morgan fingerprint density at radius 3 is 1.75 bits per heavy atom. The first-order valence-corrected chi connectivity index (χ1v) is 6.78. The average Bonchev–Trinajstić information content (AvgIpc) is 2.31. The minimum Gasteiger partial charge on any atom is -0.396 e. The molecule has 1 heteroatoms. The van der Waals surface area contributed by atoms with Crippen LogP contribution in [0.2, 0.25) is 0 Å². The van der Waals surface area contributed by atoms with E-state index in [0.29, 0.717) is 0 Å². The lowest BCUT2D eigenvalue weighted by Crippen LogP contribution is -1.80. The number of hydrogen-bond acceptors (Lipinski definition) is 1. The van der Waals surface area contributed by atoms with Crippen LogP contribution in [0.15, 0.2) is 24.8 Å². The van der Waals surface area contributed by atoms with Gasteiger partial charge in [-0.3, -0.25) is 0 Å². The van der Waals surface area contributed by atoms with E-state index in [0.717, 1.165) is 6.42 Å². The standard InChI is InChI=1S/C15H28O/c1-2-3-4-5-6-7-8-9-10-11-12-13-14-15-16/h2,12-13,16H,1,3-11,14-15H2/b13-12+. The van der Waals surface area contributed by atoms with Gasteiger partial charge in [-0.2, -0.15) is 0 Å². The summed E-state index contributed by atoms with van der Waals surface area (Å²) in [5.41, 5.74) is 0. The predicted octanol–water partition coefficient (Wildman–Crippen LogP) is 4.62. The lowest BCUT2D eigenvalue weighted by Gasteiger charge is -1.99. The minimum absolute atomic E-state index is 0.279. The molecule has 0 spiro atoms. The van der Waals surface area contributed by atoms with Crippen LogP contribution in [0.4, 0.5) is 0 Å². The Labute approximate surface area is 101 Å². The molecule has 0 rings (SSSR count). The highest BCUT2D eigenvalue weighted by atomic mass is 16.2. The van der Waals surface area contributed by atoms with Crippen molar-refractivity contribution in [3.05, 3.63) is 24.8 Å². The lowest BCUT2D eigenvalue weighted by molar-refractivity contribution is 0.302. The Bertz CT molecular complexity index is 161. The molecule has 0 saturated carbocycles. The molecule has 0 saturated heterocycles. The molecule has 0 unspecified atom stereocenters. The summed E-state index contributed by atoms with van der Waals surface area (Å²) in [7, 11) is 0. The highest BCUT2D eigenvalue weighted by Gasteiger charge is 1.90. The summed E-state index contributed by atoms with van der Waals surface area (Å²) in [6, 6.07) is 0. The topological polar surface area (TPSA) is 20.2 Å². The van der Waals surface area contributed by atoms with E-state index in [-0.39, 0.29) is 6.61 Å². The van der Waals surface area contributed by atoms with Crippen LogP contribution < -0.4 is 0 Å². The summed E-state index contributed by atoms with van der Waals surface area (Å²) < 4.78 is 0. The maximum atomic E-state index is 8.57. The zero-order chi connectivity index (χ0) is 11.9. The molecule has 0 heterocycles. The molecular weight excluding hydrogens is 196 g/mol. The molecular formula is C15H28O. The van der Waals surface area contributed by atoms with Gasteiger partial charge in [-0.15, -0.1) is 6.58 Å². The fourth-order valence-electron chi connectivity index (χ4n) is 1.74. The summed E-state index contributed by atoms with van der Waals surface area (Å²) in [5.74, 6) is 0. The molecule has 0 bridgehead atoms. The maximum absolute atomic E-state index is 8.57. The summed E-state index contributed by atoms with van der Waals surface area (Å²) in [4.78, 5) is 0. The zero-order valence-corrected chi connectivity index (χ0v) is 10.7. The molecule has 0 aliphatic rings. The van der Waals surface area contributed by atoms with Gasteiger partial charge in [-0.25, -0.2) is 0 Å². The highest BCUT2D eigenvalue weighted by molar-refractivity contribution is 4.80. The number of hydrogen-bond donors (Lipinski definition) is 1. The fraction of sp³-hybridized carbons (Fsp3) is 0.733. The molecule has 0 atom stereocenters. The number of rotatable bonds is 12. The van der Waals surface area contributed by atoms with Crippen molar-refractivity contribution >= 4 is 0 Å². The quantitative estimate of drug-likeness (QED) is 0.379. The Hall–Kier alpha value is -0.560. The van der Waals surface area contributed by atoms with E-state index in [1.54, 1.807) is 0 Å². The van der Waals surface area contributed by atoms with Gasteiger partial charge < -0.3 is 5.11 Å². The monoisotopic (exact) mass is 224 g/mol. The molecule has 0 radical (unpaired) electrons. The molecule has 0 aromatic heterocycles. The first-order chi connectivity index (χ1) is 7.91. The van der Waals surface area contributed by atoms with Crippen LogP contribution in [0, 0.1) is 0 Å². The highest BCUT2D eigenvalue weighted by Crippen LogP contribution is 2.10. The van der Waals surface area contributed by atoms with Gasteiger partial charge in [-0.05, 0) is 32.1 Å². The van der Waals surface area contributed by atoms with Crippen molar-refractivity contribution in [3.63, 3.8) is 0 Å². The molecule has 1 nitrogen and oxygen atoms in total. The molecule has 1 N–H and O–H groups in total. The van der Waals surface area contributed by atoms with E-state index in [9.17, 15) is 0 Å². The van der Waals surface area contributed by atoms with Gasteiger partial charge >= 0.3 is 0 Å². The van der Waals surface area contributed by atoms with E-state index in [2.05, 4.69) is 18.7 Å². The number of allylic oxidation sites excluding steroid dienone is 2. The van der Waals surface area contributed by atoms with Gasteiger partial charge in [0.25, 0.3) is 0 Å².